The van der Waals surface area contributed by atoms with Gasteiger partial charge in [0.15, 0.2) is 0 Å². The van der Waals surface area contributed by atoms with Crippen LogP contribution in [-0.2, 0) is 4.81 Å². The van der Waals surface area contributed by atoms with Gasteiger partial charge in [-0.05, 0) is 162 Å². The maximum atomic E-state index is 8.86. The van der Waals surface area contributed by atoms with Crippen molar-refractivity contribution in [3.63, 3.8) is 0 Å². The molecule has 73 heavy (non-hydrogen) atoms. The number of piperidine rings is 2. The van der Waals surface area contributed by atoms with Gasteiger partial charge in [-0.15, -0.1) is 0 Å². The van der Waals surface area contributed by atoms with Gasteiger partial charge in [-0.3, -0.25) is 10.1 Å². The minimum absolute atomic E-state index is 0.532. The third-order valence-electron chi connectivity index (χ3n) is 14.7. The fraction of sp³-hybridized carbons (Fsp3) is 0.290. The van der Waals surface area contributed by atoms with Crippen LogP contribution < -0.4 is 15.3 Å². The lowest BCUT2D eigenvalue weighted by Gasteiger charge is -2.39. The van der Waals surface area contributed by atoms with Crippen molar-refractivity contribution in [3.8, 4) is 33.4 Å². The number of hydrogen-bond acceptors (Lipinski definition) is 7. The van der Waals surface area contributed by atoms with Gasteiger partial charge in [0.1, 0.15) is 0 Å². The predicted octanol–water partition coefficient (Wildman–Crippen LogP) is 15.2. The molecule has 11 heteroatoms. The third-order valence-corrected chi connectivity index (χ3v) is 15.7. The quantitative estimate of drug-likeness (QED) is 0.0678. The Morgan fingerprint density at radius 3 is 1.26 bits per heavy atom. The molecule has 2 fully saturated rings. The van der Waals surface area contributed by atoms with Crippen LogP contribution in [0.1, 0.15) is 53.4 Å². The first-order chi connectivity index (χ1) is 35.6. The fourth-order valence-electron chi connectivity index (χ4n) is 10.7. The molecule has 0 unspecified atom stereocenters. The van der Waals surface area contributed by atoms with Gasteiger partial charge in [-0.25, -0.2) is 0 Å². The Balaban J connectivity index is 0.000000165. The molecule has 0 aliphatic carbocycles. The van der Waals surface area contributed by atoms with E-state index in [-0.39, 0.29) is 0 Å². The molecule has 2 N–H and O–H groups in total. The van der Waals surface area contributed by atoms with Crippen molar-refractivity contribution in [3.05, 3.63) is 184 Å². The van der Waals surface area contributed by atoms with E-state index in [4.69, 9.17) is 33.5 Å². The van der Waals surface area contributed by atoms with Crippen molar-refractivity contribution in [1.29, 1.82) is 0 Å². The molecule has 7 nitrogen and oxygen atoms in total. The van der Waals surface area contributed by atoms with E-state index in [1.807, 2.05) is 18.2 Å². The molecule has 0 amide bonds. The Hall–Kier alpha value is -5.20. The summed E-state index contributed by atoms with van der Waals surface area (Å²) in [5, 5.41) is 23.5. The SMILES string of the molecule is CCN(CC)C1CCN(c2cc(-c3ccc(-c4ccccc4)cc3)cc3cc(Cl)ccc23)CC1.CCN(CC)C1CCN(c2cc(-c3ccc(Br)cc3)cc3cc(Cl)ccc23)CC1.OOB(O)c1ccccc1. The van der Waals surface area contributed by atoms with Crippen LogP contribution in [0.4, 0.5) is 11.4 Å². The highest BCUT2D eigenvalue weighted by atomic mass is 79.9. The first-order valence-electron chi connectivity index (χ1n) is 26.0. The van der Waals surface area contributed by atoms with Crippen molar-refractivity contribution in [2.75, 3.05) is 62.2 Å². The minimum atomic E-state index is -1.24. The van der Waals surface area contributed by atoms with Crippen LogP contribution in [0.25, 0.3) is 54.9 Å². The Labute approximate surface area is 452 Å². The van der Waals surface area contributed by atoms with Gasteiger partial charge in [-0.2, -0.15) is 0 Å². The van der Waals surface area contributed by atoms with Gasteiger partial charge < -0.3 is 24.6 Å². The molecule has 2 aliphatic rings. The van der Waals surface area contributed by atoms with Crippen LogP contribution >= 0.6 is 39.1 Å². The second-order valence-electron chi connectivity index (χ2n) is 18.9. The van der Waals surface area contributed by atoms with Crippen LogP contribution in [0, 0.1) is 0 Å². The maximum absolute atomic E-state index is 8.86. The van der Waals surface area contributed by atoms with Gasteiger partial charge in [0, 0.05) is 74.9 Å². The second-order valence-corrected chi connectivity index (χ2v) is 20.7. The molecule has 8 aromatic rings. The minimum Gasteiger partial charge on any atom is -0.422 e. The average Bonchev–Trinajstić information content (AvgIpc) is 3.44. The predicted molar refractivity (Wildman–Crippen MR) is 316 cm³/mol. The number of rotatable bonds is 13. The van der Waals surface area contributed by atoms with E-state index in [1.165, 1.54) is 92.0 Å². The number of hydrogen-bond donors (Lipinski definition) is 2. The fourth-order valence-corrected chi connectivity index (χ4v) is 11.4. The Morgan fingerprint density at radius 2 is 0.863 bits per heavy atom. The van der Waals surface area contributed by atoms with Crippen LogP contribution in [0.2, 0.25) is 10.0 Å². The molecule has 378 valence electrons. The zero-order chi connectivity index (χ0) is 51.3. The summed E-state index contributed by atoms with van der Waals surface area (Å²) in [5.74, 6) is 0. The van der Waals surface area contributed by atoms with E-state index >= 15 is 0 Å². The van der Waals surface area contributed by atoms with Gasteiger partial charge >= 0.3 is 7.12 Å². The monoisotopic (exact) mass is 1080 g/mol. The first kappa shape index (κ1) is 54.1. The number of fused-ring (bicyclic) bond motifs is 2. The number of anilines is 2. The molecular weight excluding hydrogens is 1010 g/mol. The topological polar surface area (TPSA) is 62.7 Å². The van der Waals surface area contributed by atoms with Crippen molar-refractivity contribution in [2.45, 2.75) is 65.5 Å². The highest BCUT2D eigenvalue weighted by Gasteiger charge is 2.26. The molecular formula is C62H68BBrCl2N4O3. The standard InChI is InChI=1S/C31H33ClN2.C25H28BrClN2.C6H7BO3/c1-3-33(4-2)29-16-18-34(19-17-29)31-22-26(20-27-21-28(32)14-15-30(27)31)25-12-10-24(11-13-25)23-8-6-5-7-9-23;1-3-28(4-2)23-11-13-29(14-12-23)25-17-19(18-5-7-21(26)8-6-18)15-20-16-22(27)9-10-24(20)25;8-7(10-9)6-4-2-1-3-5-6/h5-15,20-22,29H,3-4,16-19H2,1-2H3;5-10,15-17,23H,3-4,11-14H2,1-2H3;1-5,8-9H. The molecule has 2 aliphatic heterocycles. The lowest BCUT2D eigenvalue weighted by molar-refractivity contribution is -0.154. The van der Waals surface area contributed by atoms with Crippen LogP contribution in [0.3, 0.4) is 0 Å². The molecule has 0 aromatic heterocycles. The molecule has 0 atom stereocenters. The summed E-state index contributed by atoms with van der Waals surface area (Å²) in [5.41, 5.74) is 10.6. The Kier molecular flexibility index (Phi) is 19.5. The molecule has 2 saturated heterocycles. The third kappa shape index (κ3) is 13.8. The van der Waals surface area contributed by atoms with Crippen molar-refractivity contribution < 1.29 is 15.1 Å². The van der Waals surface area contributed by atoms with E-state index in [2.05, 4.69) is 195 Å². The lowest BCUT2D eigenvalue weighted by atomic mass is 9.80. The average molecular weight is 1080 g/mol. The van der Waals surface area contributed by atoms with Crippen LogP contribution in [0.5, 0.6) is 0 Å². The molecule has 0 saturated carbocycles. The molecule has 2 heterocycles. The van der Waals surface area contributed by atoms with E-state index < -0.39 is 7.12 Å². The maximum Gasteiger partial charge on any atom is 0.522 e. The summed E-state index contributed by atoms with van der Waals surface area (Å²) >= 11 is 16.3. The summed E-state index contributed by atoms with van der Waals surface area (Å²) in [6, 6.07) is 59.9. The first-order valence-corrected chi connectivity index (χ1v) is 27.5. The molecule has 0 radical (unpaired) electrons. The van der Waals surface area contributed by atoms with Crippen LogP contribution in [0.15, 0.2) is 174 Å². The number of halogens is 3. The van der Waals surface area contributed by atoms with Gasteiger partial charge in [0.05, 0.1) is 0 Å². The Bertz CT molecular complexity index is 2980. The largest absolute Gasteiger partial charge is 0.522 e. The summed E-state index contributed by atoms with van der Waals surface area (Å²) < 4.78 is 1.10. The van der Waals surface area contributed by atoms with Gasteiger partial charge in [0.25, 0.3) is 0 Å². The zero-order valence-corrected chi connectivity index (χ0v) is 45.7. The highest BCUT2D eigenvalue weighted by molar-refractivity contribution is 9.10. The van der Waals surface area contributed by atoms with Crippen molar-refractivity contribution in [2.24, 2.45) is 0 Å². The lowest BCUT2D eigenvalue weighted by Crippen LogP contribution is -2.44. The van der Waals surface area contributed by atoms with E-state index in [1.54, 1.807) is 24.3 Å². The summed E-state index contributed by atoms with van der Waals surface area (Å²) in [7, 11) is -1.24. The van der Waals surface area contributed by atoms with E-state index in [9.17, 15) is 0 Å². The molecule has 8 aromatic carbocycles. The van der Waals surface area contributed by atoms with Crippen molar-refractivity contribution in [1.82, 2.24) is 9.80 Å². The Morgan fingerprint density at radius 1 is 0.493 bits per heavy atom. The van der Waals surface area contributed by atoms with Crippen LogP contribution in [-0.4, -0.2) is 91.6 Å². The van der Waals surface area contributed by atoms with Gasteiger partial charge in [0.2, 0.25) is 0 Å². The summed E-state index contributed by atoms with van der Waals surface area (Å²) in [6.45, 7) is 18.0. The van der Waals surface area contributed by atoms with Gasteiger partial charge in [-0.1, -0.05) is 176 Å². The molecule has 0 bridgehead atoms. The highest BCUT2D eigenvalue weighted by Crippen LogP contribution is 2.39. The van der Waals surface area contributed by atoms with Crippen molar-refractivity contribution >= 4 is 84.6 Å². The second kappa shape index (κ2) is 26.3. The smallest absolute Gasteiger partial charge is 0.422 e. The summed E-state index contributed by atoms with van der Waals surface area (Å²) in [4.78, 5) is 14.1. The van der Waals surface area contributed by atoms with E-state index in [0.29, 0.717) is 17.5 Å². The molecule has 0 spiro atoms. The zero-order valence-electron chi connectivity index (χ0n) is 42.6. The summed E-state index contributed by atoms with van der Waals surface area (Å²) in [6.07, 6.45) is 4.87. The normalized spacial score (nSPS) is 14.3. The van der Waals surface area contributed by atoms with E-state index in [0.717, 1.165) is 66.9 Å². The number of nitrogens with zero attached hydrogens (tertiary/aromatic N) is 4. The number of benzene rings is 8. The molecule has 10 rings (SSSR count).